The van der Waals surface area contributed by atoms with Crippen LogP contribution >= 0.6 is 0 Å². The number of nitrogens with one attached hydrogen (secondary N) is 1. The van der Waals surface area contributed by atoms with Crippen LogP contribution in [0.15, 0.2) is 16.9 Å². The van der Waals surface area contributed by atoms with E-state index < -0.39 is 10.0 Å². The molecule has 166 valence electrons. The normalized spacial score (nSPS) is 33.3. The second-order valence-corrected chi connectivity index (χ2v) is 12.0. The van der Waals surface area contributed by atoms with Gasteiger partial charge in [0.25, 0.3) is 5.56 Å². The zero-order valence-corrected chi connectivity index (χ0v) is 18.5. The van der Waals surface area contributed by atoms with Crippen LogP contribution in [0.1, 0.15) is 55.2 Å². The maximum Gasteiger partial charge on any atom is 0.254 e. The highest BCUT2D eigenvalue weighted by atomic mass is 32.2. The Morgan fingerprint density at radius 3 is 2.77 bits per heavy atom. The summed E-state index contributed by atoms with van der Waals surface area (Å²) >= 11 is 0. The van der Waals surface area contributed by atoms with E-state index in [9.17, 15) is 18.0 Å². The first-order chi connectivity index (χ1) is 14.8. The van der Waals surface area contributed by atoms with Crippen LogP contribution in [0, 0.1) is 23.2 Å². The Balaban J connectivity index is 1.29. The molecule has 1 N–H and O–H groups in total. The summed E-state index contributed by atoms with van der Waals surface area (Å²) in [5, 5.41) is 0. The van der Waals surface area contributed by atoms with Gasteiger partial charge in [-0.05, 0) is 55.8 Å². The third kappa shape index (κ3) is 2.88. The van der Waals surface area contributed by atoms with Gasteiger partial charge in [0.05, 0.1) is 24.5 Å². The number of carbonyl (C=O) groups is 1. The van der Waals surface area contributed by atoms with Gasteiger partial charge >= 0.3 is 0 Å². The summed E-state index contributed by atoms with van der Waals surface area (Å²) in [6.45, 7) is 1.10. The van der Waals surface area contributed by atoms with E-state index in [0.29, 0.717) is 53.8 Å². The number of hydrogen-bond acceptors (Lipinski definition) is 5. The quantitative estimate of drug-likeness (QED) is 0.709. The Morgan fingerprint density at radius 1 is 1.26 bits per heavy atom. The molecule has 31 heavy (non-hydrogen) atoms. The van der Waals surface area contributed by atoms with Crippen molar-refractivity contribution in [2.45, 2.75) is 51.1 Å². The lowest BCUT2D eigenvalue weighted by molar-refractivity contribution is -0.137. The summed E-state index contributed by atoms with van der Waals surface area (Å²) in [7, 11) is -3.35. The lowest BCUT2D eigenvalue weighted by atomic mass is 9.88. The number of fused-ring (bicyclic) bond motifs is 1. The Kier molecular flexibility index (Phi) is 4.13. The zero-order valence-electron chi connectivity index (χ0n) is 17.7. The second-order valence-electron chi connectivity index (χ2n) is 10.0. The summed E-state index contributed by atoms with van der Waals surface area (Å²) in [6, 6.07) is -0.239. The average molecular weight is 445 g/mol. The molecule has 3 aliphatic carbocycles. The molecule has 1 amide bonds. The summed E-state index contributed by atoms with van der Waals surface area (Å²) in [5.74, 6) is 1.66. The minimum absolute atomic E-state index is 0.0446. The number of H-pyrrole nitrogens is 1. The number of likely N-dealkylation sites (tertiary alicyclic amines) is 1. The first-order valence-electron chi connectivity index (χ1n) is 11.3. The van der Waals surface area contributed by atoms with E-state index in [1.807, 2.05) is 4.90 Å². The van der Waals surface area contributed by atoms with Gasteiger partial charge in [0, 0.05) is 24.6 Å². The maximum absolute atomic E-state index is 13.6. The summed E-state index contributed by atoms with van der Waals surface area (Å²) in [4.78, 5) is 35.9. The van der Waals surface area contributed by atoms with E-state index in [0.717, 1.165) is 19.3 Å². The van der Waals surface area contributed by atoms with Gasteiger partial charge in [-0.3, -0.25) is 9.59 Å². The third-order valence-electron chi connectivity index (χ3n) is 8.42. The number of carbonyl (C=O) groups excluding carboxylic acids is 1. The van der Waals surface area contributed by atoms with Crippen LogP contribution in [0.4, 0.5) is 0 Å². The van der Waals surface area contributed by atoms with E-state index in [1.165, 1.54) is 23.4 Å². The van der Waals surface area contributed by atoms with E-state index >= 15 is 0 Å². The number of sulfonamides is 1. The Hall–Kier alpha value is -2.00. The van der Waals surface area contributed by atoms with Gasteiger partial charge in [-0.2, -0.15) is 4.31 Å². The molecule has 3 heterocycles. The van der Waals surface area contributed by atoms with E-state index in [-0.39, 0.29) is 30.0 Å². The van der Waals surface area contributed by atoms with Crippen molar-refractivity contribution in [1.82, 2.24) is 19.2 Å². The number of aromatic amines is 1. The van der Waals surface area contributed by atoms with Gasteiger partial charge < -0.3 is 9.88 Å². The van der Waals surface area contributed by atoms with Crippen molar-refractivity contribution in [2.75, 3.05) is 19.3 Å². The van der Waals surface area contributed by atoms with E-state index in [4.69, 9.17) is 4.98 Å². The average Bonchev–Trinajstić information content (AvgIpc) is 3.12. The van der Waals surface area contributed by atoms with Crippen molar-refractivity contribution in [3.05, 3.63) is 39.6 Å². The lowest BCUT2D eigenvalue weighted by Crippen LogP contribution is -2.41. The molecule has 2 bridgehead atoms. The molecule has 2 aliphatic heterocycles. The largest absolute Gasteiger partial charge is 0.332 e. The standard InChI is InChI=1S/C22H28N4O4S/c1-31(29,30)25-10-6-14-17(12-25)23-19(24-20(14)27)18-3-2-9-26(18)21(28)15-11-13-4-5-16(15)22(13)7-8-22/h4-5,13,15-16,18H,2-3,6-12H2,1H3,(H,23,24,27)/t13-,15-,16-,18-/m1/s1. The van der Waals surface area contributed by atoms with Crippen LogP contribution in [0.3, 0.4) is 0 Å². The SMILES string of the molecule is CS(=O)(=O)N1CCc2c(nc([C@H]3CCCN3C(=O)[C@@H]3C[C@H]4C=C[C@H]3C43CC3)[nH]c2=O)C1. The molecule has 4 atom stereocenters. The number of hydrogen-bond donors (Lipinski definition) is 1. The van der Waals surface area contributed by atoms with Crippen molar-refractivity contribution in [3.63, 3.8) is 0 Å². The van der Waals surface area contributed by atoms with Crippen molar-refractivity contribution < 1.29 is 13.2 Å². The predicted octanol–water partition coefficient (Wildman–Crippen LogP) is 1.35. The minimum atomic E-state index is -3.35. The first-order valence-corrected chi connectivity index (χ1v) is 13.2. The van der Waals surface area contributed by atoms with Gasteiger partial charge in [0.1, 0.15) is 5.82 Å². The predicted molar refractivity (Wildman–Crippen MR) is 113 cm³/mol. The topological polar surface area (TPSA) is 103 Å². The highest BCUT2D eigenvalue weighted by Gasteiger charge is 2.64. The Morgan fingerprint density at radius 2 is 2.06 bits per heavy atom. The van der Waals surface area contributed by atoms with Crippen LogP contribution in [0.5, 0.6) is 0 Å². The molecule has 8 nitrogen and oxygen atoms in total. The van der Waals surface area contributed by atoms with Gasteiger partial charge in [-0.25, -0.2) is 13.4 Å². The molecule has 0 aromatic carbocycles. The molecule has 0 radical (unpaired) electrons. The summed E-state index contributed by atoms with van der Waals surface area (Å²) in [6.07, 6.45) is 11.2. The molecular formula is C22H28N4O4S. The fourth-order valence-electron chi connectivity index (χ4n) is 6.66. The van der Waals surface area contributed by atoms with Crippen molar-refractivity contribution in [1.29, 1.82) is 0 Å². The summed E-state index contributed by atoms with van der Waals surface area (Å²) < 4.78 is 25.3. The molecule has 5 aliphatic rings. The molecule has 6 rings (SSSR count). The smallest absolute Gasteiger partial charge is 0.254 e. The van der Waals surface area contributed by atoms with Crippen LogP contribution in [-0.2, 0) is 27.8 Å². The molecule has 0 unspecified atom stereocenters. The molecule has 9 heteroatoms. The van der Waals surface area contributed by atoms with Gasteiger partial charge in [0.15, 0.2) is 0 Å². The van der Waals surface area contributed by atoms with Gasteiger partial charge in [0.2, 0.25) is 15.9 Å². The summed E-state index contributed by atoms with van der Waals surface area (Å²) in [5.41, 5.74) is 1.25. The fourth-order valence-corrected chi connectivity index (χ4v) is 7.44. The molecule has 2 saturated carbocycles. The van der Waals surface area contributed by atoms with Crippen molar-refractivity contribution in [2.24, 2.45) is 23.2 Å². The Bertz CT molecular complexity index is 1150. The maximum atomic E-state index is 13.6. The monoisotopic (exact) mass is 444 g/mol. The fraction of sp³-hybridized carbons (Fsp3) is 0.682. The van der Waals surface area contributed by atoms with E-state index in [2.05, 4.69) is 17.1 Å². The number of rotatable bonds is 3. The Labute approximate surface area is 181 Å². The lowest BCUT2D eigenvalue weighted by Gasteiger charge is -2.31. The molecule has 1 aromatic heterocycles. The zero-order chi connectivity index (χ0) is 21.5. The van der Waals surface area contributed by atoms with Crippen LogP contribution in [0.2, 0.25) is 0 Å². The van der Waals surface area contributed by atoms with Crippen LogP contribution in [-0.4, -0.2) is 52.8 Å². The number of nitrogens with zero attached hydrogens (tertiary/aromatic N) is 3. The van der Waals surface area contributed by atoms with Crippen LogP contribution < -0.4 is 5.56 Å². The van der Waals surface area contributed by atoms with Gasteiger partial charge in [-0.15, -0.1) is 0 Å². The highest BCUT2D eigenvalue weighted by molar-refractivity contribution is 7.88. The molecule has 1 spiro atoms. The number of amides is 1. The first kappa shape index (κ1) is 19.7. The van der Waals surface area contributed by atoms with E-state index in [1.54, 1.807) is 0 Å². The van der Waals surface area contributed by atoms with Crippen LogP contribution in [0.25, 0.3) is 0 Å². The second kappa shape index (κ2) is 6.51. The van der Waals surface area contributed by atoms with Crippen molar-refractivity contribution >= 4 is 15.9 Å². The minimum Gasteiger partial charge on any atom is -0.332 e. The number of aromatic nitrogens is 2. The molecule has 3 fully saturated rings. The van der Waals surface area contributed by atoms with Gasteiger partial charge in [-0.1, -0.05) is 12.2 Å². The van der Waals surface area contributed by atoms with Crippen molar-refractivity contribution in [3.8, 4) is 0 Å². The highest BCUT2D eigenvalue weighted by Crippen LogP contribution is 2.70. The molecule has 1 saturated heterocycles. The number of allylic oxidation sites excluding steroid dienone is 2. The molecule has 1 aromatic rings. The molecular weight excluding hydrogens is 416 g/mol. The third-order valence-corrected chi connectivity index (χ3v) is 9.67.